The molecule has 8 heteroatoms. The molecule has 0 radical (unpaired) electrons. The molecule has 1 fully saturated rings. The number of aryl methyl sites for hydroxylation is 1. The van der Waals surface area contributed by atoms with Gasteiger partial charge < -0.3 is 9.30 Å². The fraction of sp³-hybridized carbons (Fsp3) is 0.192. The summed E-state index contributed by atoms with van der Waals surface area (Å²) in [6, 6.07) is 16.3. The van der Waals surface area contributed by atoms with Crippen LogP contribution in [0.25, 0.3) is 11.8 Å². The van der Waals surface area contributed by atoms with Gasteiger partial charge in [-0.1, -0.05) is 35.9 Å². The van der Waals surface area contributed by atoms with Gasteiger partial charge in [0.05, 0.1) is 23.6 Å². The Labute approximate surface area is 207 Å². The number of esters is 1. The number of imide groups is 1. The van der Waals surface area contributed by atoms with Gasteiger partial charge in [0.15, 0.2) is 0 Å². The lowest BCUT2D eigenvalue weighted by Crippen LogP contribution is -2.27. The standard InChI is InChI=1S/C26H23ClN2O4S/c1-4-33-25(31)18-9-7-10-21(13-18)29-16(2)12-20(17(29)3)14-23-24(30)28(26(32)34-23)15-19-8-5-6-11-22(19)27/h5-14H,4,15H2,1-3H3/b23-14+. The third-order valence-corrected chi connectivity index (χ3v) is 6.81. The fourth-order valence-electron chi connectivity index (χ4n) is 3.89. The molecule has 1 aliphatic rings. The lowest BCUT2D eigenvalue weighted by molar-refractivity contribution is -0.123. The number of hydrogen-bond donors (Lipinski definition) is 0. The SMILES string of the molecule is CCOC(=O)c1cccc(-n2c(C)cc(/C=C3/SC(=O)N(Cc4ccccc4Cl)C3=O)c2C)c1. The Morgan fingerprint density at radius 2 is 1.85 bits per heavy atom. The zero-order valence-corrected chi connectivity index (χ0v) is 20.6. The average Bonchev–Trinajstić information content (AvgIpc) is 3.24. The van der Waals surface area contributed by atoms with E-state index in [1.165, 1.54) is 4.90 Å². The molecular formula is C26H23ClN2O4S. The second kappa shape index (κ2) is 9.91. The first-order chi connectivity index (χ1) is 16.3. The molecule has 1 saturated heterocycles. The van der Waals surface area contributed by atoms with Crippen molar-refractivity contribution in [2.24, 2.45) is 0 Å². The molecule has 1 aromatic heterocycles. The minimum absolute atomic E-state index is 0.126. The molecule has 6 nitrogen and oxygen atoms in total. The highest BCUT2D eigenvalue weighted by atomic mass is 35.5. The van der Waals surface area contributed by atoms with Crippen LogP contribution in [0.4, 0.5) is 4.79 Å². The van der Waals surface area contributed by atoms with Crippen LogP contribution in [-0.4, -0.2) is 33.2 Å². The maximum atomic E-state index is 13.0. The molecule has 1 aliphatic heterocycles. The smallest absolute Gasteiger partial charge is 0.338 e. The fourth-order valence-corrected chi connectivity index (χ4v) is 4.92. The number of carbonyl (C=O) groups excluding carboxylic acids is 3. The number of ether oxygens (including phenoxy) is 1. The van der Waals surface area contributed by atoms with Crippen molar-refractivity contribution in [2.45, 2.75) is 27.3 Å². The topological polar surface area (TPSA) is 68.6 Å². The summed E-state index contributed by atoms with van der Waals surface area (Å²) in [7, 11) is 0. The summed E-state index contributed by atoms with van der Waals surface area (Å²) in [4.78, 5) is 39.3. The molecule has 4 rings (SSSR count). The molecule has 174 valence electrons. The second-order valence-corrected chi connectivity index (χ2v) is 9.19. The van der Waals surface area contributed by atoms with Gasteiger partial charge in [-0.25, -0.2) is 4.79 Å². The summed E-state index contributed by atoms with van der Waals surface area (Å²) in [5.74, 6) is -0.719. The first kappa shape index (κ1) is 23.9. The van der Waals surface area contributed by atoms with Crippen LogP contribution < -0.4 is 0 Å². The second-order valence-electron chi connectivity index (χ2n) is 7.79. The van der Waals surface area contributed by atoms with Crippen molar-refractivity contribution in [3.63, 3.8) is 0 Å². The zero-order valence-electron chi connectivity index (χ0n) is 19.0. The van der Waals surface area contributed by atoms with E-state index in [9.17, 15) is 14.4 Å². The number of rotatable bonds is 6. The molecule has 0 N–H and O–H groups in total. The number of nitrogens with zero attached hydrogens (tertiary/aromatic N) is 2. The summed E-state index contributed by atoms with van der Waals surface area (Å²) >= 11 is 7.13. The molecule has 0 atom stereocenters. The molecule has 0 spiro atoms. The van der Waals surface area contributed by atoms with Crippen molar-refractivity contribution in [1.82, 2.24) is 9.47 Å². The largest absolute Gasteiger partial charge is 0.462 e. The van der Waals surface area contributed by atoms with Gasteiger partial charge in [0.2, 0.25) is 0 Å². The Morgan fingerprint density at radius 1 is 1.09 bits per heavy atom. The van der Waals surface area contributed by atoms with E-state index in [1.54, 1.807) is 49.4 Å². The van der Waals surface area contributed by atoms with E-state index in [1.807, 2.05) is 36.6 Å². The van der Waals surface area contributed by atoms with Crippen molar-refractivity contribution in [3.8, 4) is 5.69 Å². The molecular weight excluding hydrogens is 472 g/mol. The maximum Gasteiger partial charge on any atom is 0.338 e. The van der Waals surface area contributed by atoms with Crippen LogP contribution in [0.1, 0.15) is 39.8 Å². The van der Waals surface area contributed by atoms with E-state index in [-0.39, 0.29) is 23.7 Å². The number of benzene rings is 2. The number of thioether (sulfide) groups is 1. The molecule has 3 aromatic rings. The predicted octanol–water partition coefficient (Wildman–Crippen LogP) is 6.16. The van der Waals surface area contributed by atoms with Crippen LogP contribution in [0.3, 0.4) is 0 Å². The number of hydrogen-bond acceptors (Lipinski definition) is 5. The maximum absolute atomic E-state index is 13.0. The van der Waals surface area contributed by atoms with Crippen LogP contribution in [-0.2, 0) is 16.1 Å². The van der Waals surface area contributed by atoms with Crippen molar-refractivity contribution < 1.29 is 19.1 Å². The van der Waals surface area contributed by atoms with Crippen LogP contribution in [0.5, 0.6) is 0 Å². The van der Waals surface area contributed by atoms with Gasteiger partial charge in [-0.15, -0.1) is 0 Å². The molecule has 2 heterocycles. The third-order valence-electron chi connectivity index (χ3n) is 5.53. The molecule has 0 unspecified atom stereocenters. The predicted molar refractivity (Wildman–Crippen MR) is 134 cm³/mol. The minimum atomic E-state index is -0.376. The van der Waals surface area contributed by atoms with Crippen LogP contribution >= 0.6 is 23.4 Å². The lowest BCUT2D eigenvalue weighted by Gasteiger charge is -2.13. The van der Waals surface area contributed by atoms with E-state index in [0.29, 0.717) is 27.7 Å². The minimum Gasteiger partial charge on any atom is -0.462 e. The van der Waals surface area contributed by atoms with E-state index in [2.05, 4.69) is 0 Å². The van der Waals surface area contributed by atoms with Gasteiger partial charge in [-0.2, -0.15) is 0 Å². The number of halogens is 1. The first-order valence-corrected chi connectivity index (χ1v) is 11.9. The van der Waals surface area contributed by atoms with Crippen LogP contribution in [0.2, 0.25) is 5.02 Å². The molecule has 0 saturated carbocycles. The highest BCUT2D eigenvalue weighted by Crippen LogP contribution is 2.35. The van der Waals surface area contributed by atoms with Gasteiger partial charge in [-0.05, 0) is 80.1 Å². The van der Waals surface area contributed by atoms with E-state index in [0.717, 1.165) is 34.4 Å². The van der Waals surface area contributed by atoms with Crippen LogP contribution in [0, 0.1) is 13.8 Å². The molecule has 2 amide bonds. The number of carbonyl (C=O) groups is 3. The molecule has 0 bridgehead atoms. The summed E-state index contributed by atoms with van der Waals surface area (Å²) in [5.41, 5.74) is 4.63. The Bertz CT molecular complexity index is 1330. The Balaban J connectivity index is 1.63. The first-order valence-electron chi connectivity index (χ1n) is 10.8. The average molecular weight is 495 g/mol. The van der Waals surface area contributed by atoms with Gasteiger partial charge >= 0.3 is 5.97 Å². The van der Waals surface area contributed by atoms with Crippen molar-refractivity contribution in [1.29, 1.82) is 0 Å². The normalized spacial score (nSPS) is 14.8. The van der Waals surface area contributed by atoms with E-state index < -0.39 is 0 Å². The summed E-state index contributed by atoms with van der Waals surface area (Å²) in [5, 5.41) is 0.186. The van der Waals surface area contributed by atoms with Crippen molar-refractivity contribution >= 4 is 46.6 Å². The number of amides is 2. The lowest BCUT2D eigenvalue weighted by atomic mass is 10.2. The third kappa shape index (κ3) is 4.67. The quantitative estimate of drug-likeness (QED) is 0.303. The summed E-state index contributed by atoms with van der Waals surface area (Å²) < 4.78 is 7.11. The number of aromatic nitrogens is 1. The highest BCUT2D eigenvalue weighted by Gasteiger charge is 2.35. The van der Waals surface area contributed by atoms with Crippen LogP contribution in [0.15, 0.2) is 59.5 Å². The Hall–Kier alpha value is -3.29. The van der Waals surface area contributed by atoms with Gasteiger partial charge in [0.25, 0.3) is 11.1 Å². The summed E-state index contributed by atoms with van der Waals surface area (Å²) in [6.45, 7) is 6.08. The zero-order chi connectivity index (χ0) is 24.4. The Morgan fingerprint density at radius 3 is 2.59 bits per heavy atom. The summed E-state index contributed by atoms with van der Waals surface area (Å²) in [6.07, 6.45) is 1.74. The Kier molecular flexibility index (Phi) is 6.95. The van der Waals surface area contributed by atoms with Gasteiger partial charge in [-0.3, -0.25) is 14.5 Å². The van der Waals surface area contributed by atoms with Gasteiger partial charge in [0.1, 0.15) is 0 Å². The van der Waals surface area contributed by atoms with E-state index in [4.69, 9.17) is 16.3 Å². The van der Waals surface area contributed by atoms with Crippen molar-refractivity contribution in [2.75, 3.05) is 6.61 Å². The highest BCUT2D eigenvalue weighted by molar-refractivity contribution is 8.18. The monoisotopic (exact) mass is 494 g/mol. The molecule has 0 aliphatic carbocycles. The molecule has 2 aromatic carbocycles. The molecule has 34 heavy (non-hydrogen) atoms. The van der Waals surface area contributed by atoms with Crippen molar-refractivity contribution in [3.05, 3.63) is 92.6 Å². The van der Waals surface area contributed by atoms with E-state index >= 15 is 0 Å². The van der Waals surface area contributed by atoms with Gasteiger partial charge in [0, 0.05) is 22.1 Å².